The summed E-state index contributed by atoms with van der Waals surface area (Å²) < 4.78 is 24.1. The Hall–Kier alpha value is -1.72. The molecular formula is C16H19FN2O2. The Morgan fingerprint density at radius 3 is 3.10 bits per heavy atom. The predicted molar refractivity (Wildman–Crippen MR) is 80.0 cm³/mol. The lowest BCUT2D eigenvalue weighted by Crippen LogP contribution is -2.15. The van der Waals surface area contributed by atoms with Crippen molar-refractivity contribution in [2.75, 3.05) is 31.7 Å². The molecule has 1 fully saturated rings. The number of benzene rings is 1. The standard InChI is InChI=1S/C16H19FN2O2/c17-13-4-2-12-3-5-16(19-15(12)10-13)18-7-1-8-21-14-6-9-20-11-14/h2-5,10,14H,1,6-9,11H2,(H,18,19)/t14-/m1/s1. The van der Waals surface area contributed by atoms with Crippen molar-refractivity contribution >= 4 is 16.7 Å². The minimum absolute atomic E-state index is 0.256. The van der Waals surface area contributed by atoms with E-state index in [4.69, 9.17) is 9.47 Å². The minimum atomic E-state index is -0.265. The van der Waals surface area contributed by atoms with Crippen LogP contribution in [0.1, 0.15) is 12.8 Å². The van der Waals surface area contributed by atoms with E-state index >= 15 is 0 Å². The number of hydrogen-bond acceptors (Lipinski definition) is 4. The second-order valence-electron chi connectivity index (χ2n) is 5.17. The zero-order valence-corrected chi connectivity index (χ0v) is 11.8. The first-order chi connectivity index (χ1) is 10.3. The molecule has 1 aromatic heterocycles. The monoisotopic (exact) mass is 290 g/mol. The SMILES string of the molecule is Fc1ccc2ccc(NCCCO[C@@H]3CCOC3)nc2c1. The second kappa shape index (κ2) is 6.83. The molecule has 1 aromatic carbocycles. The average molecular weight is 290 g/mol. The van der Waals surface area contributed by atoms with Crippen molar-refractivity contribution in [3.05, 3.63) is 36.1 Å². The number of ether oxygens (including phenoxy) is 2. The van der Waals surface area contributed by atoms with Crippen LogP contribution in [0.25, 0.3) is 10.9 Å². The number of fused-ring (bicyclic) bond motifs is 1. The van der Waals surface area contributed by atoms with Crippen molar-refractivity contribution in [1.29, 1.82) is 0 Å². The fourth-order valence-electron chi connectivity index (χ4n) is 2.37. The Morgan fingerprint density at radius 1 is 1.33 bits per heavy atom. The third-order valence-corrected chi connectivity index (χ3v) is 3.52. The number of rotatable bonds is 6. The van der Waals surface area contributed by atoms with Crippen LogP contribution < -0.4 is 5.32 Å². The molecule has 1 N–H and O–H groups in total. The van der Waals surface area contributed by atoms with E-state index < -0.39 is 0 Å². The summed E-state index contributed by atoms with van der Waals surface area (Å²) in [5.74, 6) is 0.497. The largest absolute Gasteiger partial charge is 0.379 e. The van der Waals surface area contributed by atoms with E-state index in [9.17, 15) is 4.39 Å². The molecule has 1 atom stereocenters. The van der Waals surface area contributed by atoms with Gasteiger partial charge in [-0.2, -0.15) is 0 Å². The highest BCUT2D eigenvalue weighted by molar-refractivity contribution is 5.80. The van der Waals surface area contributed by atoms with Gasteiger partial charge in [-0.1, -0.05) is 0 Å². The highest BCUT2D eigenvalue weighted by Gasteiger charge is 2.15. The molecule has 3 rings (SSSR count). The number of pyridine rings is 1. The van der Waals surface area contributed by atoms with Crippen molar-refractivity contribution < 1.29 is 13.9 Å². The lowest BCUT2D eigenvalue weighted by atomic mass is 10.2. The highest BCUT2D eigenvalue weighted by atomic mass is 19.1. The van der Waals surface area contributed by atoms with Crippen LogP contribution in [-0.2, 0) is 9.47 Å². The third kappa shape index (κ3) is 3.89. The number of aromatic nitrogens is 1. The lowest BCUT2D eigenvalue weighted by molar-refractivity contribution is 0.0427. The summed E-state index contributed by atoms with van der Waals surface area (Å²) in [5, 5.41) is 4.17. The normalized spacial score (nSPS) is 18.2. The summed E-state index contributed by atoms with van der Waals surface area (Å²) in [7, 11) is 0. The van der Waals surface area contributed by atoms with Gasteiger partial charge in [-0.15, -0.1) is 0 Å². The first kappa shape index (κ1) is 14.2. The number of nitrogens with zero attached hydrogens (tertiary/aromatic N) is 1. The van der Waals surface area contributed by atoms with Gasteiger partial charge in [0.2, 0.25) is 0 Å². The number of hydrogen-bond donors (Lipinski definition) is 1. The summed E-state index contributed by atoms with van der Waals surface area (Å²) >= 11 is 0. The van der Waals surface area contributed by atoms with Crippen molar-refractivity contribution in [3.63, 3.8) is 0 Å². The Kier molecular flexibility index (Phi) is 4.62. The smallest absolute Gasteiger partial charge is 0.126 e. The zero-order valence-electron chi connectivity index (χ0n) is 11.8. The lowest BCUT2D eigenvalue weighted by Gasteiger charge is -2.10. The Bertz CT molecular complexity index is 600. The van der Waals surface area contributed by atoms with Gasteiger partial charge in [-0.3, -0.25) is 0 Å². The molecule has 1 saturated heterocycles. The molecule has 4 nitrogen and oxygen atoms in total. The van der Waals surface area contributed by atoms with Crippen LogP contribution in [0.4, 0.5) is 10.2 Å². The van der Waals surface area contributed by atoms with Crippen LogP contribution in [-0.4, -0.2) is 37.5 Å². The van der Waals surface area contributed by atoms with Gasteiger partial charge in [0, 0.05) is 31.2 Å². The van der Waals surface area contributed by atoms with Crippen LogP contribution in [0.5, 0.6) is 0 Å². The van der Waals surface area contributed by atoms with Crippen molar-refractivity contribution in [2.24, 2.45) is 0 Å². The van der Waals surface area contributed by atoms with Crippen molar-refractivity contribution in [3.8, 4) is 0 Å². The first-order valence-electron chi connectivity index (χ1n) is 7.31. The fraction of sp³-hybridized carbons (Fsp3) is 0.438. The summed E-state index contributed by atoms with van der Waals surface area (Å²) in [5.41, 5.74) is 0.666. The van der Waals surface area contributed by atoms with Gasteiger partial charge >= 0.3 is 0 Å². The van der Waals surface area contributed by atoms with E-state index in [2.05, 4.69) is 10.3 Å². The Morgan fingerprint density at radius 2 is 2.24 bits per heavy atom. The van der Waals surface area contributed by atoms with E-state index in [0.29, 0.717) is 18.7 Å². The zero-order chi connectivity index (χ0) is 14.5. The van der Waals surface area contributed by atoms with Gasteiger partial charge < -0.3 is 14.8 Å². The van der Waals surface area contributed by atoms with E-state index in [0.717, 1.165) is 37.2 Å². The molecule has 0 aliphatic carbocycles. The van der Waals surface area contributed by atoms with Crippen LogP contribution in [0.3, 0.4) is 0 Å². The van der Waals surface area contributed by atoms with Gasteiger partial charge in [0.05, 0.1) is 18.2 Å². The molecule has 5 heteroatoms. The maximum atomic E-state index is 13.2. The van der Waals surface area contributed by atoms with Crippen LogP contribution in [0, 0.1) is 5.82 Å². The van der Waals surface area contributed by atoms with Crippen molar-refractivity contribution in [1.82, 2.24) is 4.98 Å². The molecule has 1 aliphatic heterocycles. The quantitative estimate of drug-likeness (QED) is 0.831. The average Bonchev–Trinajstić information content (AvgIpc) is 3.00. The van der Waals surface area contributed by atoms with Crippen LogP contribution >= 0.6 is 0 Å². The topological polar surface area (TPSA) is 43.4 Å². The number of halogens is 1. The molecule has 0 unspecified atom stereocenters. The summed E-state index contributed by atoms with van der Waals surface area (Å²) in [6.45, 7) is 3.01. The molecule has 1 aliphatic rings. The van der Waals surface area contributed by atoms with E-state index in [1.54, 1.807) is 6.07 Å². The van der Waals surface area contributed by atoms with Gasteiger partial charge in [0.1, 0.15) is 11.6 Å². The Labute approximate surface area is 123 Å². The van der Waals surface area contributed by atoms with Gasteiger partial charge in [0.15, 0.2) is 0 Å². The summed E-state index contributed by atoms with van der Waals surface area (Å²) in [4.78, 5) is 4.40. The summed E-state index contributed by atoms with van der Waals surface area (Å²) in [6, 6.07) is 8.48. The molecule has 112 valence electrons. The molecular weight excluding hydrogens is 271 g/mol. The fourth-order valence-corrected chi connectivity index (χ4v) is 2.37. The van der Waals surface area contributed by atoms with E-state index in [1.165, 1.54) is 12.1 Å². The number of nitrogens with one attached hydrogen (secondary N) is 1. The molecule has 0 saturated carbocycles. The second-order valence-corrected chi connectivity index (χ2v) is 5.17. The maximum Gasteiger partial charge on any atom is 0.126 e. The molecule has 2 heterocycles. The van der Waals surface area contributed by atoms with Crippen molar-refractivity contribution in [2.45, 2.75) is 18.9 Å². The summed E-state index contributed by atoms with van der Waals surface area (Å²) in [6.07, 6.45) is 2.15. The minimum Gasteiger partial charge on any atom is -0.379 e. The third-order valence-electron chi connectivity index (χ3n) is 3.52. The molecule has 0 spiro atoms. The molecule has 0 amide bonds. The van der Waals surface area contributed by atoms with Crippen LogP contribution in [0.2, 0.25) is 0 Å². The maximum absolute atomic E-state index is 13.2. The van der Waals surface area contributed by atoms with Gasteiger partial charge in [-0.25, -0.2) is 9.37 Å². The first-order valence-corrected chi connectivity index (χ1v) is 7.31. The highest BCUT2D eigenvalue weighted by Crippen LogP contribution is 2.16. The van der Waals surface area contributed by atoms with Gasteiger partial charge in [-0.05, 0) is 37.1 Å². The predicted octanol–water partition coefficient (Wildman–Crippen LogP) is 2.98. The van der Waals surface area contributed by atoms with Crippen LogP contribution in [0.15, 0.2) is 30.3 Å². The van der Waals surface area contributed by atoms with E-state index in [-0.39, 0.29) is 11.9 Å². The Balaban J connectivity index is 1.46. The molecule has 21 heavy (non-hydrogen) atoms. The number of anilines is 1. The molecule has 0 bridgehead atoms. The molecule has 2 aromatic rings. The molecule has 0 radical (unpaired) electrons. The van der Waals surface area contributed by atoms with E-state index in [1.807, 2.05) is 12.1 Å². The van der Waals surface area contributed by atoms with Gasteiger partial charge in [0.25, 0.3) is 0 Å².